The lowest BCUT2D eigenvalue weighted by molar-refractivity contribution is -0.280. The highest BCUT2D eigenvalue weighted by Gasteiger charge is 2.64. The molecular weight excluding hydrogens is 351 g/mol. The van der Waals surface area contributed by atoms with Crippen LogP contribution in [0, 0.1) is 5.41 Å². The predicted octanol–water partition coefficient (Wildman–Crippen LogP) is 1.22. The first-order chi connectivity index (χ1) is 8.61. The van der Waals surface area contributed by atoms with E-state index >= 15 is 0 Å². The molecule has 3 rings (SSSR count). The smallest absolute Gasteiger partial charge is 0.306 e. The van der Waals surface area contributed by atoms with Crippen LogP contribution >= 0.6 is 22.6 Å². The highest BCUT2D eigenvalue weighted by atomic mass is 127. The molecule has 2 saturated heterocycles. The first kappa shape index (κ1) is 12.8. The van der Waals surface area contributed by atoms with Gasteiger partial charge in [-0.3, -0.25) is 4.79 Å². The Morgan fingerprint density at radius 1 is 1.33 bits per heavy atom. The molecule has 0 aromatic carbocycles. The van der Waals surface area contributed by atoms with Crippen LogP contribution in [0.5, 0.6) is 0 Å². The van der Waals surface area contributed by atoms with Gasteiger partial charge in [0.15, 0.2) is 5.79 Å². The number of hydrogen-bond acceptors (Lipinski definition) is 5. The lowest BCUT2D eigenvalue weighted by atomic mass is 9.63. The number of halogens is 1. The molecule has 1 aliphatic carbocycles. The van der Waals surface area contributed by atoms with E-state index in [0.29, 0.717) is 32.5 Å². The van der Waals surface area contributed by atoms with Crippen LogP contribution in [-0.2, 0) is 23.8 Å². The number of rotatable bonds is 2. The molecule has 0 aromatic heterocycles. The molecule has 3 fully saturated rings. The third kappa shape index (κ3) is 1.72. The number of fused-ring (bicyclic) bond motifs is 3. The van der Waals surface area contributed by atoms with Gasteiger partial charge in [0.1, 0.15) is 12.4 Å². The minimum Gasteiger partial charge on any atom is -0.461 e. The number of aldehydes is 1. The van der Waals surface area contributed by atoms with Gasteiger partial charge in [-0.25, -0.2) is 0 Å². The molecule has 0 radical (unpaired) electrons. The highest BCUT2D eigenvalue weighted by molar-refractivity contribution is 14.1. The van der Waals surface area contributed by atoms with Crippen LogP contribution in [0.25, 0.3) is 0 Å². The second kappa shape index (κ2) is 4.42. The molecule has 0 amide bonds. The van der Waals surface area contributed by atoms with Crippen molar-refractivity contribution in [2.24, 2.45) is 5.41 Å². The van der Waals surface area contributed by atoms with E-state index in [2.05, 4.69) is 22.6 Å². The van der Waals surface area contributed by atoms with Gasteiger partial charge >= 0.3 is 5.97 Å². The maximum Gasteiger partial charge on any atom is 0.306 e. The van der Waals surface area contributed by atoms with E-state index in [-0.39, 0.29) is 22.4 Å². The van der Waals surface area contributed by atoms with Gasteiger partial charge in [0.2, 0.25) is 0 Å². The average molecular weight is 366 g/mol. The summed E-state index contributed by atoms with van der Waals surface area (Å²) in [6.45, 7) is 1.06. The third-order valence-electron chi connectivity index (χ3n) is 4.26. The molecule has 6 heteroatoms. The minimum absolute atomic E-state index is 0.120. The number of ether oxygens (including phenoxy) is 3. The molecule has 3 atom stereocenters. The minimum atomic E-state index is -0.768. The Kier molecular flexibility index (Phi) is 3.14. The summed E-state index contributed by atoms with van der Waals surface area (Å²) in [5.41, 5.74) is -0.535. The Morgan fingerprint density at radius 2 is 2.06 bits per heavy atom. The molecule has 0 unspecified atom stereocenters. The molecule has 3 aliphatic rings. The van der Waals surface area contributed by atoms with Crippen LogP contribution in [0.15, 0.2) is 0 Å². The molecule has 100 valence electrons. The maximum atomic E-state index is 11.8. The summed E-state index contributed by atoms with van der Waals surface area (Å²) in [4.78, 5) is 22.8. The molecule has 0 N–H and O–H groups in total. The highest BCUT2D eigenvalue weighted by Crippen LogP contribution is 2.57. The average Bonchev–Trinajstić information content (AvgIpc) is 2.77. The normalized spacial score (nSPS) is 41.7. The number of hydrogen-bond donors (Lipinski definition) is 0. The lowest BCUT2D eigenvalue weighted by Crippen LogP contribution is -2.62. The van der Waals surface area contributed by atoms with Crippen molar-refractivity contribution in [1.29, 1.82) is 0 Å². The van der Waals surface area contributed by atoms with Crippen molar-refractivity contribution < 1.29 is 23.8 Å². The van der Waals surface area contributed by atoms with E-state index in [9.17, 15) is 9.59 Å². The SMILES string of the molecule is O=CC[C@]12CC(=O)O[C@H](C1)[C@@H](I)CC21OCCO1. The molecule has 1 saturated carbocycles. The molecule has 5 nitrogen and oxygen atoms in total. The van der Waals surface area contributed by atoms with Crippen LogP contribution in [0.2, 0.25) is 0 Å². The van der Waals surface area contributed by atoms with Gasteiger partial charge < -0.3 is 19.0 Å². The fraction of sp³-hybridized carbons (Fsp3) is 0.833. The van der Waals surface area contributed by atoms with Crippen LogP contribution in [-0.4, -0.2) is 41.3 Å². The number of carbonyl (C=O) groups is 2. The van der Waals surface area contributed by atoms with Crippen molar-refractivity contribution in [2.45, 2.75) is 41.5 Å². The van der Waals surface area contributed by atoms with Crippen molar-refractivity contribution in [3.63, 3.8) is 0 Å². The molecule has 2 heterocycles. The second-order valence-corrected chi connectivity index (χ2v) is 6.83. The van der Waals surface area contributed by atoms with Gasteiger partial charge in [0, 0.05) is 18.3 Å². The zero-order chi connectivity index (χ0) is 12.8. The fourth-order valence-electron chi connectivity index (χ4n) is 3.43. The van der Waals surface area contributed by atoms with Crippen molar-refractivity contribution in [3.8, 4) is 0 Å². The quantitative estimate of drug-likeness (QED) is 0.318. The molecule has 18 heavy (non-hydrogen) atoms. The van der Waals surface area contributed by atoms with Crippen LogP contribution in [0.3, 0.4) is 0 Å². The number of carbonyl (C=O) groups excluding carboxylic acids is 2. The van der Waals surface area contributed by atoms with Crippen LogP contribution < -0.4 is 0 Å². The Morgan fingerprint density at radius 3 is 2.72 bits per heavy atom. The number of esters is 1. The van der Waals surface area contributed by atoms with E-state index in [1.54, 1.807) is 0 Å². The standard InChI is InChI=1S/C12H15IO5/c13-8-5-12(16-3-4-17-12)11(1-2-14)6-9(8)18-10(15)7-11/h2,8-9H,1,3-7H2/t8-,9+,11+/m0/s1. The topological polar surface area (TPSA) is 61.8 Å². The van der Waals surface area contributed by atoms with Crippen molar-refractivity contribution >= 4 is 34.8 Å². The Bertz CT molecular complexity index is 379. The van der Waals surface area contributed by atoms with Crippen molar-refractivity contribution in [2.75, 3.05) is 13.2 Å². The monoisotopic (exact) mass is 366 g/mol. The Balaban J connectivity index is 2.01. The van der Waals surface area contributed by atoms with Gasteiger partial charge in [0.05, 0.1) is 23.6 Å². The fourth-order valence-corrected chi connectivity index (χ4v) is 4.41. The summed E-state index contributed by atoms with van der Waals surface area (Å²) in [6, 6.07) is 0. The predicted molar refractivity (Wildman–Crippen MR) is 69.3 cm³/mol. The molecule has 2 aliphatic heterocycles. The van der Waals surface area contributed by atoms with Gasteiger partial charge in [-0.2, -0.15) is 0 Å². The van der Waals surface area contributed by atoms with E-state index in [0.717, 1.165) is 6.29 Å². The largest absolute Gasteiger partial charge is 0.461 e. The van der Waals surface area contributed by atoms with Crippen molar-refractivity contribution in [3.05, 3.63) is 0 Å². The van der Waals surface area contributed by atoms with E-state index in [1.165, 1.54) is 0 Å². The summed E-state index contributed by atoms with van der Waals surface area (Å²) in [6.07, 6.45) is 2.60. The first-order valence-electron chi connectivity index (χ1n) is 6.16. The van der Waals surface area contributed by atoms with Gasteiger partial charge in [-0.1, -0.05) is 22.6 Å². The summed E-state index contributed by atoms with van der Waals surface area (Å²) < 4.78 is 17.2. The van der Waals surface area contributed by atoms with Gasteiger partial charge in [0.25, 0.3) is 0 Å². The zero-order valence-corrected chi connectivity index (χ0v) is 12.1. The summed E-state index contributed by atoms with van der Waals surface area (Å²) in [7, 11) is 0. The summed E-state index contributed by atoms with van der Waals surface area (Å²) in [5, 5.41) is 0. The van der Waals surface area contributed by atoms with E-state index in [1.807, 2.05) is 0 Å². The number of alkyl halides is 1. The van der Waals surface area contributed by atoms with E-state index < -0.39 is 11.2 Å². The Labute approximate surface area is 119 Å². The molecular formula is C12H15IO5. The van der Waals surface area contributed by atoms with Crippen LogP contribution in [0.1, 0.15) is 25.7 Å². The zero-order valence-electron chi connectivity index (χ0n) is 9.89. The van der Waals surface area contributed by atoms with Gasteiger partial charge in [-0.05, 0) is 6.42 Å². The second-order valence-electron chi connectivity index (χ2n) is 5.23. The molecule has 1 spiro atoms. The van der Waals surface area contributed by atoms with Crippen molar-refractivity contribution in [1.82, 2.24) is 0 Å². The van der Waals surface area contributed by atoms with Gasteiger partial charge in [-0.15, -0.1) is 0 Å². The maximum absolute atomic E-state index is 11.8. The summed E-state index contributed by atoms with van der Waals surface area (Å²) in [5.74, 6) is -1.01. The summed E-state index contributed by atoms with van der Waals surface area (Å²) >= 11 is 2.28. The molecule has 0 aromatic rings. The Hall–Kier alpha value is -0.210. The lowest BCUT2D eigenvalue weighted by Gasteiger charge is -2.54. The third-order valence-corrected chi connectivity index (χ3v) is 5.50. The first-order valence-corrected chi connectivity index (χ1v) is 7.40. The van der Waals surface area contributed by atoms with E-state index in [4.69, 9.17) is 14.2 Å². The molecule has 2 bridgehead atoms. The van der Waals surface area contributed by atoms with Crippen LogP contribution in [0.4, 0.5) is 0 Å².